The van der Waals surface area contributed by atoms with E-state index in [0.29, 0.717) is 30.2 Å². The predicted molar refractivity (Wildman–Crippen MR) is 140 cm³/mol. The zero-order valence-corrected chi connectivity index (χ0v) is 20.4. The number of nitrogens with zero attached hydrogens (tertiary/aromatic N) is 3. The molecule has 0 radical (unpaired) electrons. The molecule has 36 heavy (non-hydrogen) atoms. The van der Waals surface area contributed by atoms with E-state index in [1.807, 2.05) is 76.9 Å². The van der Waals surface area contributed by atoms with E-state index in [9.17, 15) is 4.79 Å². The Bertz CT molecular complexity index is 1430. The van der Waals surface area contributed by atoms with Crippen LogP contribution in [0.4, 0.5) is 0 Å². The molecule has 0 bridgehead atoms. The molecule has 0 aliphatic rings. The van der Waals surface area contributed by atoms with Crippen LogP contribution < -0.4 is 14.8 Å². The second-order valence-corrected chi connectivity index (χ2v) is 8.68. The van der Waals surface area contributed by atoms with E-state index >= 15 is 0 Å². The van der Waals surface area contributed by atoms with Gasteiger partial charge in [-0.1, -0.05) is 48.5 Å². The molecule has 7 nitrogen and oxygen atoms in total. The van der Waals surface area contributed by atoms with E-state index in [1.54, 1.807) is 30.8 Å². The van der Waals surface area contributed by atoms with E-state index < -0.39 is 0 Å². The van der Waals surface area contributed by atoms with Gasteiger partial charge in [0.15, 0.2) is 11.5 Å². The van der Waals surface area contributed by atoms with Gasteiger partial charge in [-0.15, -0.1) is 11.3 Å². The minimum atomic E-state index is -0.217. The molecule has 0 fully saturated rings. The largest absolute Gasteiger partial charge is 0.493 e. The van der Waals surface area contributed by atoms with Crippen LogP contribution in [0, 0.1) is 0 Å². The lowest BCUT2D eigenvalue weighted by atomic mass is 10.1. The molecular weight excluding hydrogens is 472 g/mol. The third-order valence-corrected chi connectivity index (χ3v) is 6.22. The smallest absolute Gasteiger partial charge is 0.251 e. The zero-order valence-electron chi connectivity index (χ0n) is 19.6. The van der Waals surface area contributed by atoms with Gasteiger partial charge >= 0.3 is 0 Å². The van der Waals surface area contributed by atoms with Crippen molar-refractivity contribution in [2.75, 3.05) is 7.11 Å². The molecule has 0 spiro atoms. The lowest BCUT2D eigenvalue weighted by Gasteiger charge is -2.12. The first-order valence-corrected chi connectivity index (χ1v) is 12.3. The van der Waals surface area contributed by atoms with Crippen LogP contribution in [0.3, 0.4) is 0 Å². The summed E-state index contributed by atoms with van der Waals surface area (Å²) in [5, 5.41) is 9.75. The number of carbonyl (C=O) groups excluding carboxylic acids is 1. The fraction of sp³-hybridized carbons (Fsp3) is 0.107. The van der Waals surface area contributed by atoms with Gasteiger partial charge in [-0.05, 0) is 30.3 Å². The van der Waals surface area contributed by atoms with Crippen LogP contribution in [0.25, 0.3) is 16.9 Å². The average Bonchev–Trinajstić information content (AvgIpc) is 3.62. The third-order valence-electron chi connectivity index (χ3n) is 5.58. The molecule has 0 aliphatic carbocycles. The highest BCUT2D eigenvalue weighted by molar-refractivity contribution is 7.07. The van der Waals surface area contributed by atoms with Crippen molar-refractivity contribution in [2.45, 2.75) is 13.2 Å². The Morgan fingerprint density at radius 3 is 2.50 bits per heavy atom. The molecule has 0 atom stereocenters. The summed E-state index contributed by atoms with van der Waals surface area (Å²) in [7, 11) is 1.55. The third kappa shape index (κ3) is 5.29. The van der Waals surface area contributed by atoms with Crippen molar-refractivity contribution >= 4 is 17.2 Å². The molecule has 0 aliphatic heterocycles. The van der Waals surface area contributed by atoms with Crippen molar-refractivity contribution in [1.29, 1.82) is 0 Å². The minimum absolute atomic E-state index is 0.217. The number of benzene rings is 3. The number of para-hydroxylation sites is 1. The molecule has 0 saturated carbocycles. The Morgan fingerprint density at radius 1 is 1.00 bits per heavy atom. The molecule has 1 amide bonds. The first-order valence-electron chi connectivity index (χ1n) is 11.4. The fourth-order valence-electron chi connectivity index (χ4n) is 3.76. The quantitative estimate of drug-likeness (QED) is 0.291. The maximum Gasteiger partial charge on any atom is 0.251 e. The number of hydrogen-bond donors (Lipinski definition) is 1. The Morgan fingerprint density at radius 2 is 1.78 bits per heavy atom. The second-order valence-electron chi connectivity index (χ2n) is 7.97. The van der Waals surface area contributed by atoms with Gasteiger partial charge in [0.25, 0.3) is 5.91 Å². The van der Waals surface area contributed by atoms with Gasteiger partial charge in [-0.25, -0.2) is 9.67 Å². The fourth-order valence-corrected chi connectivity index (χ4v) is 4.30. The van der Waals surface area contributed by atoms with Crippen molar-refractivity contribution in [3.63, 3.8) is 0 Å². The van der Waals surface area contributed by atoms with Crippen LogP contribution in [0.1, 0.15) is 21.6 Å². The highest BCUT2D eigenvalue weighted by atomic mass is 32.1. The lowest BCUT2D eigenvalue weighted by molar-refractivity contribution is 0.0950. The van der Waals surface area contributed by atoms with Gasteiger partial charge in [0, 0.05) is 34.8 Å². The second kappa shape index (κ2) is 10.9. The maximum absolute atomic E-state index is 13.0. The van der Waals surface area contributed by atoms with Crippen molar-refractivity contribution in [2.24, 2.45) is 0 Å². The molecule has 0 unspecified atom stereocenters. The number of hydrogen-bond acceptors (Lipinski definition) is 6. The topological polar surface area (TPSA) is 78.3 Å². The number of nitrogens with one attached hydrogen (secondary N) is 1. The van der Waals surface area contributed by atoms with Crippen LogP contribution in [-0.4, -0.2) is 27.8 Å². The number of thiazole rings is 1. The summed E-state index contributed by atoms with van der Waals surface area (Å²) < 4.78 is 13.1. The zero-order chi connectivity index (χ0) is 24.7. The summed E-state index contributed by atoms with van der Waals surface area (Å²) >= 11 is 1.51. The molecule has 180 valence electrons. The van der Waals surface area contributed by atoms with Gasteiger partial charge in [0.2, 0.25) is 0 Å². The van der Waals surface area contributed by atoms with Crippen molar-refractivity contribution in [3.8, 4) is 28.4 Å². The normalized spacial score (nSPS) is 10.7. The molecule has 3 aromatic carbocycles. The van der Waals surface area contributed by atoms with E-state index in [0.717, 1.165) is 28.2 Å². The molecule has 5 aromatic rings. The SMILES string of the molecule is COc1cc(C(=O)NCc2cn(-c3ccccc3)nc2-c2ccccc2)ccc1OCc1cscn1. The summed E-state index contributed by atoms with van der Waals surface area (Å²) in [6, 6.07) is 25.0. The van der Waals surface area contributed by atoms with E-state index in [1.165, 1.54) is 11.3 Å². The van der Waals surface area contributed by atoms with Crippen molar-refractivity contribution in [1.82, 2.24) is 20.1 Å². The van der Waals surface area contributed by atoms with Gasteiger partial charge in [0.1, 0.15) is 6.61 Å². The summed E-state index contributed by atoms with van der Waals surface area (Å²) in [5.41, 5.74) is 6.75. The number of methoxy groups -OCH3 is 1. The van der Waals surface area contributed by atoms with Gasteiger partial charge in [-0.2, -0.15) is 5.10 Å². The van der Waals surface area contributed by atoms with Gasteiger partial charge < -0.3 is 14.8 Å². The Kier molecular flexibility index (Phi) is 7.05. The van der Waals surface area contributed by atoms with E-state index in [4.69, 9.17) is 14.6 Å². The van der Waals surface area contributed by atoms with E-state index in [2.05, 4.69) is 10.3 Å². The molecule has 2 heterocycles. The predicted octanol–water partition coefficient (Wildman–Crippen LogP) is 5.51. The molecular formula is C28H24N4O3S. The van der Waals surface area contributed by atoms with Gasteiger partial charge in [0.05, 0.1) is 29.7 Å². The van der Waals surface area contributed by atoms with Crippen LogP contribution in [-0.2, 0) is 13.2 Å². The molecule has 1 N–H and O–H groups in total. The molecule has 8 heteroatoms. The van der Waals surface area contributed by atoms with E-state index in [-0.39, 0.29) is 5.91 Å². The average molecular weight is 497 g/mol. The summed E-state index contributed by atoms with van der Waals surface area (Å²) in [5.74, 6) is 0.822. The molecule has 0 saturated heterocycles. The highest BCUT2D eigenvalue weighted by Crippen LogP contribution is 2.29. The number of aromatic nitrogens is 3. The highest BCUT2D eigenvalue weighted by Gasteiger charge is 2.15. The number of amides is 1. The Labute approximate surface area is 213 Å². The summed E-state index contributed by atoms with van der Waals surface area (Å²) in [6.07, 6.45) is 1.95. The molecule has 5 rings (SSSR count). The maximum atomic E-state index is 13.0. The summed E-state index contributed by atoms with van der Waals surface area (Å²) in [4.78, 5) is 17.2. The monoisotopic (exact) mass is 496 g/mol. The first-order chi connectivity index (χ1) is 17.7. The number of rotatable bonds is 9. The number of carbonyl (C=O) groups is 1. The van der Waals surface area contributed by atoms with Crippen molar-refractivity contribution < 1.29 is 14.3 Å². The van der Waals surface area contributed by atoms with Crippen LogP contribution in [0.15, 0.2) is 96.0 Å². The van der Waals surface area contributed by atoms with Crippen LogP contribution in [0.2, 0.25) is 0 Å². The lowest BCUT2D eigenvalue weighted by Crippen LogP contribution is -2.23. The van der Waals surface area contributed by atoms with Gasteiger partial charge in [-0.3, -0.25) is 4.79 Å². The number of ether oxygens (including phenoxy) is 2. The van der Waals surface area contributed by atoms with Crippen molar-refractivity contribution in [3.05, 3.63) is 113 Å². The summed E-state index contributed by atoms with van der Waals surface area (Å²) in [6.45, 7) is 0.652. The van der Waals surface area contributed by atoms with Crippen LogP contribution >= 0.6 is 11.3 Å². The first kappa shape index (κ1) is 23.3. The molecule has 2 aromatic heterocycles. The standard InChI is InChI=1S/C28H24N4O3S/c1-34-26-14-21(12-13-25(26)35-17-23-18-36-19-30-23)28(33)29-15-22-16-32(24-10-6-3-7-11-24)31-27(22)20-8-4-2-5-9-20/h2-14,16,18-19H,15,17H2,1H3,(H,29,33). The Balaban J connectivity index is 1.33. The van der Waals surface area contributed by atoms with Crippen LogP contribution in [0.5, 0.6) is 11.5 Å². The minimum Gasteiger partial charge on any atom is -0.493 e. The Hall–Kier alpha value is -4.43.